The maximum atomic E-state index is 10.7. The highest BCUT2D eigenvalue weighted by Gasteiger charge is 2.24. The summed E-state index contributed by atoms with van der Waals surface area (Å²) in [5.74, 6) is 0.430. The second-order valence-corrected chi connectivity index (χ2v) is 4.93. The number of ether oxygens (including phenoxy) is 1. The first kappa shape index (κ1) is 12.9. The number of non-ortho nitro benzene ring substituents is 1. The molecule has 1 fully saturated rings. The van der Waals surface area contributed by atoms with E-state index in [1.54, 1.807) is 6.07 Å². The summed E-state index contributed by atoms with van der Waals surface area (Å²) in [7, 11) is 0. The number of hydrogen-bond acceptors (Lipinski definition) is 6. The molecule has 0 spiro atoms. The lowest BCUT2D eigenvalue weighted by Crippen LogP contribution is -2.20. The molecule has 106 valence electrons. The fourth-order valence-corrected chi connectivity index (χ4v) is 2.37. The van der Waals surface area contributed by atoms with Gasteiger partial charge < -0.3 is 14.5 Å². The molecule has 7 nitrogen and oxygen atoms in total. The molecule has 20 heavy (non-hydrogen) atoms. The molecule has 0 radical (unpaired) electrons. The normalized spacial score (nSPS) is 22.2. The molecular formula is C13H15N3O4. The van der Waals surface area contributed by atoms with Crippen molar-refractivity contribution in [1.82, 2.24) is 4.98 Å². The minimum Gasteiger partial charge on any atom is -0.424 e. The minimum atomic E-state index is -0.446. The van der Waals surface area contributed by atoms with Crippen molar-refractivity contribution < 1.29 is 14.1 Å². The molecule has 0 saturated carbocycles. The molecular weight excluding hydrogens is 262 g/mol. The zero-order chi connectivity index (χ0) is 14.1. The number of benzene rings is 1. The Balaban J connectivity index is 1.74. The lowest BCUT2D eigenvalue weighted by atomic mass is 10.0. The highest BCUT2D eigenvalue weighted by atomic mass is 16.6. The number of anilines is 1. The van der Waals surface area contributed by atoms with Gasteiger partial charge in [0.2, 0.25) is 0 Å². The number of aromatic nitrogens is 1. The van der Waals surface area contributed by atoms with E-state index in [2.05, 4.69) is 17.2 Å². The van der Waals surface area contributed by atoms with Gasteiger partial charge in [0, 0.05) is 31.2 Å². The zero-order valence-electron chi connectivity index (χ0n) is 11.0. The van der Waals surface area contributed by atoms with Crippen molar-refractivity contribution in [3.8, 4) is 0 Å². The topological polar surface area (TPSA) is 90.4 Å². The molecule has 0 bridgehead atoms. The zero-order valence-corrected chi connectivity index (χ0v) is 11.0. The van der Waals surface area contributed by atoms with Gasteiger partial charge in [0.05, 0.1) is 11.0 Å². The van der Waals surface area contributed by atoms with E-state index in [9.17, 15) is 10.1 Å². The predicted molar refractivity (Wildman–Crippen MR) is 72.7 cm³/mol. The molecule has 2 heterocycles. The van der Waals surface area contributed by atoms with Gasteiger partial charge in [0.15, 0.2) is 5.58 Å². The Morgan fingerprint density at radius 2 is 2.40 bits per heavy atom. The van der Waals surface area contributed by atoms with Crippen molar-refractivity contribution in [2.24, 2.45) is 5.92 Å². The smallest absolute Gasteiger partial charge is 0.295 e. The molecule has 2 unspecified atom stereocenters. The average Bonchev–Trinajstić information content (AvgIpc) is 3.00. The SMILES string of the molecule is CC1OCCC1CNc1nc2cc([N+](=O)[O-])ccc2o1. The molecule has 0 amide bonds. The van der Waals surface area contributed by atoms with E-state index in [1.165, 1.54) is 12.1 Å². The Kier molecular flexibility index (Phi) is 3.27. The molecule has 0 aliphatic carbocycles. The van der Waals surface area contributed by atoms with Crippen LogP contribution in [0.15, 0.2) is 22.6 Å². The van der Waals surface area contributed by atoms with Gasteiger partial charge in [-0.05, 0) is 19.4 Å². The lowest BCUT2D eigenvalue weighted by Gasteiger charge is -2.13. The number of nitrogens with zero attached hydrogens (tertiary/aromatic N) is 2. The second-order valence-electron chi connectivity index (χ2n) is 4.93. The first-order chi connectivity index (χ1) is 9.63. The average molecular weight is 277 g/mol. The van der Waals surface area contributed by atoms with Crippen molar-refractivity contribution >= 4 is 22.8 Å². The van der Waals surface area contributed by atoms with Gasteiger partial charge in [-0.15, -0.1) is 0 Å². The van der Waals surface area contributed by atoms with Crippen LogP contribution in [0, 0.1) is 16.0 Å². The summed E-state index contributed by atoms with van der Waals surface area (Å²) >= 11 is 0. The Hall–Kier alpha value is -2.15. The molecule has 7 heteroatoms. The largest absolute Gasteiger partial charge is 0.424 e. The van der Waals surface area contributed by atoms with Crippen LogP contribution in [0.2, 0.25) is 0 Å². The summed E-state index contributed by atoms with van der Waals surface area (Å²) in [5.41, 5.74) is 1.03. The quantitative estimate of drug-likeness (QED) is 0.682. The van der Waals surface area contributed by atoms with Crippen LogP contribution in [-0.2, 0) is 4.74 Å². The van der Waals surface area contributed by atoms with E-state index in [0.29, 0.717) is 23.0 Å². The third-order valence-corrected chi connectivity index (χ3v) is 3.63. The molecule has 2 aromatic rings. The van der Waals surface area contributed by atoms with Crippen molar-refractivity contribution in [2.75, 3.05) is 18.5 Å². The molecule has 1 saturated heterocycles. The number of nitro groups is 1. The van der Waals surface area contributed by atoms with Gasteiger partial charge in [-0.25, -0.2) is 0 Å². The molecule has 1 aliphatic rings. The maximum absolute atomic E-state index is 10.7. The third kappa shape index (κ3) is 2.44. The van der Waals surface area contributed by atoms with Crippen molar-refractivity contribution in [3.05, 3.63) is 28.3 Å². The van der Waals surface area contributed by atoms with Crippen LogP contribution < -0.4 is 5.32 Å². The summed E-state index contributed by atoms with van der Waals surface area (Å²) in [6, 6.07) is 4.77. The fourth-order valence-electron chi connectivity index (χ4n) is 2.37. The summed E-state index contributed by atoms with van der Waals surface area (Å²) in [4.78, 5) is 14.5. The number of oxazole rings is 1. The monoisotopic (exact) mass is 277 g/mol. The molecule has 1 aromatic heterocycles. The van der Waals surface area contributed by atoms with Crippen LogP contribution in [-0.4, -0.2) is 29.2 Å². The number of hydrogen-bond donors (Lipinski definition) is 1. The summed E-state index contributed by atoms with van der Waals surface area (Å²) in [5, 5.41) is 13.8. The summed E-state index contributed by atoms with van der Waals surface area (Å²) in [6.07, 6.45) is 1.24. The Labute approximate surface area is 115 Å². The minimum absolute atomic E-state index is 0.00941. The molecule has 2 atom stereocenters. The van der Waals surface area contributed by atoms with Gasteiger partial charge in [-0.2, -0.15) is 4.98 Å². The van der Waals surface area contributed by atoms with Gasteiger partial charge in [0.25, 0.3) is 11.7 Å². The van der Waals surface area contributed by atoms with Crippen LogP contribution in [0.4, 0.5) is 11.7 Å². The van der Waals surface area contributed by atoms with E-state index < -0.39 is 4.92 Å². The van der Waals surface area contributed by atoms with E-state index in [4.69, 9.17) is 9.15 Å². The Bertz CT molecular complexity index is 640. The Morgan fingerprint density at radius 3 is 3.10 bits per heavy atom. The molecule has 1 aromatic carbocycles. The van der Waals surface area contributed by atoms with Crippen molar-refractivity contribution in [3.63, 3.8) is 0 Å². The van der Waals surface area contributed by atoms with Crippen molar-refractivity contribution in [2.45, 2.75) is 19.4 Å². The van der Waals surface area contributed by atoms with E-state index in [-0.39, 0.29) is 11.8 Å². The summed E-state index contributed by atoms with van der Waals surface area (Å²) < 4.78 is 11.0. The third-order valence-electron chi connectivity index (χ3n) is 3.63. The number of nitro benzene ring substituents is 1. The predicted octanol–water partition coefficient (Wildman–Crippen LogP) is 2.57. The maximum Gasteiger partial charge on any atom is 0.295 e. The van der Waals surface area contributed by atoms with Crippen LogP contribution in [0.1, 0.15) is 13.3 Å². The van der Waals surface area contributed by atoms with E-state index >= 15 is 0 Å². The van der Waals surface area contributed by atoms with Gasteiger partial charge in [-0.3, -0.25) is 10.1 Å². The van der Waals surface area contributed by atoms with E-state index in [1.807, 2.05) is 0 Å². The highest BCUT2D eigenvalue weighted by molar-refractivity contribution is 5.77. The fraction of sp³-hybridized carbons (Fsp3) is 0.462. The van der Waals surface area contributed by atoms with Gasteiger partial charge in [0.1, 0.15) is 5.52 Å². The molecule has 3 rings (SSSR count). The number of nitrogens with one attached hydrogen (secondary N) is 1. The van der Waals surface area contributed by atoms with Crippen LogP contribution >= 0.6 is 0 Å². The van der Waals surface area contributed by atoms with Crippen LogP contribution in [0.5, 0.6) is 0 Å². The number of fused-ring (bicyclic) bond motifs is 1. The number of rotatable bonds is 4. The second kappa shape index (κ2) is 5.09. The van der Waals surface area contributed by atoms with Crippen LogP contribution in [0.3, 0.4) is 0 Å². The first-order valence-corrected chi connectivity index (χ1v) is 6.54. The summed E-state index contributed by atoms with van der Waals surface area (Å²) in [6.45, 7) is 3.55. The van der Waals surface area contributed by atoms with E-state index in [0.717, 1.165) is 19.6 Å². The van der Waals surface area contributed by atoms with Crippen LogP contribution in [0.25, 0.3) is 11.1 Å². The van der Waals surface area contributed by atoms with Gasteiger partial charge >= 0.3 is 0 Å². The highest BCUT2D eigenvalue weighted by Crippen LogP contribution is 2.25. The molecule has 1 aliphatic heterocycles. The lowest BCUT2D eigenvalue weighted by molar-refractivity contribution is -0.384. The first-order valence-electron chi connectivity index (χ1n) is 6.54. The standard InChI is InChI=1S/C13H15N3O4/c1-8-9(4-5-19-8)7-14-13-15-11-6-10(16(17)18)2-3-12(11)20-13/h2-3,6,8-9H,4-5,7H2,1H3,(H,14,15). The van der Waals surface area contributed by atoms with Crippen molar-refractivity contribution in [1.29, 1.82) is 0 Å². The van der Waals surface area contributed by atoms with Gasteiger partial charge in [-0.1, -0.05) is 0 Å². The molecule has 1 N–H and O–H groups in total. The Morgan fingerprint density at radius 1 is 1.55 bits per heavy atom.